The summed E-state index contributed by atoms with van der Waals surface area (Å²) in [4.78, 5) is 16.1. The molecule has 5 heteroatoms. The molecule has 0 atom stereocenters. The number of rotatable bonds is 3. The number of carbonyl (C=O) groups excluding carboxylic acids is 1. The molecule has 0 radical (unpaired) electrons. The van der Waals surface area contributed by atoms with E-state index in [4.69, 9.17) is 4.74 Å². The van der Waals surface area contributed by atoms with Gasteiger partial charge in [-0.1, -0.05) is 12.1 Å². The maximum Gasteiger partial charge on any atom is 0.341 e. The zero-order valence-electron chi connectivity index (χ0n) is 11.5. The highest BCUT2D eigenvalue weighted by atomic mass is 16.5. The molecule has 1 aromatic heterocycles. The molecule has 5 nitrogen and oxygen atoms in total. The fraction of sp³-hybridized carbons (Fsp3) is 0.267. The standard InChI is InChI=1S/C15H15N3O2/c1-3-20-15(19)12-9-17-18(10(12)2)14-6-4-5-11-7-16-8-13(11)14/h4-6,8-9H,3,7H2,1-2H3. The predicted molar refractivity (Wildman–Crippen MR) is 75.6 cm³/mol. The Morgan fingerprint density at radius 3 is 3.10 bits per heavy atom. The lowest BCUT2D eigenvalue weighted by Gasteiger charge is -2.09. The minimum absolute atomic E-state index is 0.336. The molecule has 1 aliphatic rings. The summed E-state index contributed by atoms with van der Waals surface area (Å²) in [5.74, 6) is -0.336. The summed E-state index contributed by atoms with van der Waals surface area (Å²) in [6.07, 6.45) is 3.41. The van der Waals surface area contributed by atoms with Crippen LogP contribution in [-0.2, 0) is 11.3 Å². The van der Waals surface area contributed by atoms with Crippen molar-refractivity contribution >= 4 is 12.2 Å². The lowest BCUT2D eigenvalue weighted by molar-refractivity contribution is 0.0525. The van der Waals surface area contributed by atoms with Crippen molar-refractivity contribution in [1.29, 1.82) is 0 Å². The summed E-state index contributed by atoms with van der Waals surface area (Å²) in [5.41, 5.74) is 4.46. The lowest BCUT2D eigenvalue weighted by Crippen LogP contribution is -2.08. The molecule has 2 aromatic rings. The highest BCUT2D eigenvalue weighted by molar-refractivity contribution is 5.92. The number of aromatic nitrogens is 2. The zero-order chi connectivity index (χ0) is 14.1. The van der Waals surface area contributed by atoms with Crippen LogP contribution in [0.15, 0.2) is 29.4 Å². The van der Waals surface area contributed by atoms with Crippen LogP contribution in [0.2, 0.25) is 0 Å². The third-order valence-electron chi connectivity index (χ3n) is 3.39. The number of fused-ring (bicyclic) bond motifs is 1. The third-order valence-corrected chi connectivity index (χ3v) is 3.39. The van der Waals surface area contributed by atoms with Crippen molar-refractivity contribution in [2.75, 3.05) is 6.61 Å². The summed E-state index contributed by atoms with van der Waals surface area (Å²) in [6.45, 7) is 4.72. The van der Waals surface area contributed by atoms with Crippen molar-refractivity contribution in [2.24, 2.45) is 4.99 Å². The van der Waals surface area contributed by atoms with Gasteiger partial charge in [-0.05, 0) is 25.5 Å². The van der Waals surface area contributed by atoms with Gasteiger partial charge in [0.25, 0.3) is 0 Å². The van der Waals surface area contributed by atoms with Gasteiger partial charge in [0.05, 0.1) is 30.7 Å². The van der Waals surface area contributed by atoms with Gasteiger partial charge in [0.1, 0.15) is 5.56 Å². The zero-order valence-corrected chi connectivity index (χ0v) is 11.5. The number of nitrogens with zero attached hydrogens (tertiary/aromatic N) is 3. The average molecular weight is 269 g/mol. The van der Waals surface area contributed by atoms with Gasteiger partial charge in [0.2, 0.25) is 0 Å². The van der Waals surface area contributed by atoms with Gasteiger partial charge in [-0.2, -0.15) is 5.10 Å². The number of benzene rings is 1. The van der Waals surface area contributed by atoms with Crippen LogP contribution in [0.4, 0.5) is 0 Å². The first-order valence-electron chi connectivity index (χ1n) is 6.56. The Hall–Kier alpha value is -2.43. The molecule has 1 aliphatic heterocycles. The van der Waals surface area contributed by atoms with Crippen LogP contribution in [0.5, 0.6) is 0 Å². The summed E-state index contributed by atoms with van der Waals surface area (Å²) in [5, 5.41) is 4.32. The molecule has 0 N–H and O–H groups in total. The van der Waals surface area contributed by atoms with Gasteiger partial charge < -0.3 is 4.74 Å². The van der Waals surface area contributed by atoms with Crippen LogP contribution in [0, 0.1) is 6.92 Å². The van der Waals surface area contributed by atoms with E-state index in [1.807, 2.05) is 25.3 Å². The Kier molecular flexibility index (Phi) is 3.10. The molecule has 1 aromatic carbocycles. The van der Waals surface area contributed by atoms with Crippen LogP contribution in [-0.4, -0.2) is 28.6 Å². The number of hydrogen-bond donors (Lipinski definition) is 0. The highest BCUT2D eigenvalue weighted by Gasteiger charge is 2.19. The fourth-order valence-corrected chi connectivity index (χ4v) is 2.37. The molecule has 0 unspecified atom stereocenters. The molecule has 0 spiro atoms. The summed E-state index contributed by atoms with van der Waals surface area (Å²) in [7, 11) is 0. The maximum absolute atomic E-state index is 11.8. The number of ether oxygens (including phenoxy) is 1. The van der Waals surface area contributed by atoms with Gasteiger partial charge in [0, 0.05) is 11.8 Å². The average Bonchev–Trinajstić information content (AvgIpc) is 3.05. The molecule has 0 saturated heterocycles. The Balaban J connectivity index is 2.07. The van der Waals surface area contributed by atoms with Gasteiger partial charge in [-0.15, -0.1) is 0 Å². The Labute approximate surface area is 116 Å². The quantitative estimate of drug-likeness (QED) is 0.803. The second kappa shape index (κ2) is 4.92. The first-order valence-corrected chi connectivity index (χ1v) is 6.56. The summed E-state index contributed by atoms with van der Waals surface area (Å²) in [6, 6.07) is 6.01. The van der Waals surface area contributed by atoms with E-state index in [1.54, 1.807) is 17.8 Å². The van der Waals surface area contributed by atoms with E-state index in [9.17, 15) is 4.79 Å². The van der Waals surface area contributed by atoms with Gasteiger partial charge in [0.15, 0.2) is 0 Å². The second-order valence-electron chi connectivity index (χ2n) is 4.60. The third kappa shape index (κ3) is 1.91. The second-order valence-corrected chi connectivity index (χ2v) is 4.60. The molecule has 2 heterocycles. The molecule has 0 fully saturated rings. The molecule has 0 amide bonds. The Morgan fingerprint density at radius 1 is 1.45 bits per heavy atom. The van der Waals surface area contributed by atoms with E-state index in [2.05, 4.69) is 16.2 Å². The van der Waals surface area contributed by atoms with Crippen LogP contribution in [0.3, 0.4) is 0 Å². The summed E-state index contributed by atoms with van der Waals surface area (Å²) >= 11 is 0. The monoisotopic (exact) mass is 269 g/mol. The molecule has 0 aliphatic carbocycles. The van der Waals surface area contributed by atoms with Gasteiger partial charge in [-0.3, -0.25) is 4.99 Å². The number of hydrogen-bond acceptors (Lipinski definition) is 4. The van der Waals surface area contributed by atoms with E-state index in [-0.39, 0.29) is 5.97 Å². The first kappa shape index (κ1) is 12.6. The van der Waals surface area contributed by atoms with E-state index < -0.39 is 0 Å². The topological polar surface area (TPSA) is 56.5 Å². The maximum atomic E-state index is 11.8. The van der Waals surface area contributed by atoms with Crippen molar-refractivity contribution in [3.8, 4) is 5.69 Å². The van der Waals surface area contributed by atoms with E-state index in [1.165, 1.54) is 5.56 Å². The lowest BCUT2D eigenvalue weighted by atomic mass is 10.1. The SMILES string of the molecule is CCOC(=O)c1cnn(-c2cccc3c2C=NC3)c1C. The van der Waals surface area contributed by atoms with E-state index in [0.717, 1.165) is 16.9 Å². The van der Waals surface area contributed by atoms with Gasteiger partial charge >= 0.3 is 5.97 Å². The van der Waals surface area contributed by atoms with Crippen molar-refractivity contribution in [2.45, 2.75) is 20.4 Å². The Morgan fingerprint density at radius 2 is 2.30 bits per heavy atom. The van der Waals surface area contributed by atoms with Crippen LogP contribution in [0.25, 0.3) is 5.69 Å². The molecule has 0 saturated carbocycles. The van der Waals surface area contributed by atoms with Crippen LogP contribution < -0.4 is 0 Å². The Bertz CT molecular complexity index is 701. The molecular weight excluding hydrogens is 254 g/mol. The smallest absolute Gasteiger partial charge is 0.341 e. The molecular formula is C15H15N3O2. The molecule has 102 valence electrons. The van der Waals surface area contributed by atoms with Crippen molar-refractivity contribution in [3.63, 3.8) is 0 Å². The number of carbonyl (C=O) groups is 1. The van der Waals surface area contributed by atoms with E-state index in [0.29, 0.717) is 18.7 Å². The minimum atomic E-state index is -0.336. The minimum Gasteiger partial charge on any atom is -0.462 e. The van der Waals surface area contributed by atoms with Crippen molar-refractivity contribution < 1.29 is 9.53 Å². The highest BCUT2D eigenvalue weighted by Crippen LogP contribution is 2.23. The normalized spacial score (nSPS) is 12.5. The number of esters is 1. The van der Waals surface area contributed by atoms with Crippen molar-refractivity contribution in [3.05, 3.63) is 46.8 Å². The molecule has 0 bridgehead atoms. The van der Waals surface area contributed by atoms with E-state index >= 15 is 0 Å². The molecule has 3 rings (SSSR count). The number of aliphatic imine (C=N–C) groups is 1. The van der Waals surface area contributed by atoms with Crippen molar-refractivity contribution in [1.82, 2.24) is 9.78 Å². The summed E-state index contributed by atoms with van der Waals surface area (Å²) < 4.78 is 6.80. The fourth-order valence-electron chi connectivity index (χ4n) is 2.37. The van der Waals surface area contributed by atoms with Gasteiger partial charge in [-0.25, -0.2) is 9.48 Å². The largest absolute Gasteiger partial charge is 0.462 e. The molecule has 20 heavy (non-hydrogen) atoms. The van der Waals surface area contributed by atoms with Crippen LogP contribution in [0.1, 0.15) is 34.1 Å². The van der Waals surface area contributed by atoms with Crippen LogP contribution >= 0.6 is 0 Å². The predicted octanol–water partition coefficient (Wildman–Crippen LogP) is 2.29. The first-order chi connectivity index (χ1) is 9.72.